The minimum absolute atomic E-state index is 0.0620. The van der Waals surface area contributed by atoms with Gasteiger partial charge in [-0.2, -0.15) is 0 Å². The third-order valence-corrected chi connectivity index (χ3v) is 4.41. The first-order valence-electron chi connectivity index (χ1n) is 7.27. The van der Waals surface area contributed by atoms with E-state index in [4.69, 9.17) is 4.74 Å². The molecule has 1 aliphatic carbocycles. The number of nitrogens with zero attached hydrogens (tertiary/aromatic N) is 1. The largest absolute Gasteiger partial charge is 0.396 e. The Labute approximate surface area is 110 Å². The molecule has 1 saturated carbocycles. The molecular weight excluding hydrogens is 230 g/mol. The molecule has 0 spiro atoms. The first-order valence-corrected chi connectivity index (χ1v) is 7.27. The number of aliphatic hydroxyl groups excluding tert-OH is 2. The van der Waals surface area contributed by atoms with Gasteiger partial charge in [-0.1, -0.05) is 19.3 Å². The summed E-state index contributed by atoms with van der Waals surface area (Å²) in [7, 11) is 0. The third kappa shape index (κ3) is 3.44. The minimum Gasteiger partial charge on any atom is -0.396 e. The summed E-state index contributed by atoms with van der Waals surface area (Å²) in [5, 5.41) is 19.0. The normalized spacial score (nSPS) is 33.5. The van der Waals surface area contributed by atoms with Crippen LogP contribution < -0.4 is 0 Å². The molecule has 1 saturated heterocycles. The molecule has 0 bridgehead atoms. The molecule has 106 valence electrons. The second-order valence-corrected chi connectivity index (χ2v) is 6.16. The van der Waals surface area contributed by atoms with Crippen molar-refractivity contribution in [2.24, 2.45) is 5.41 Å². The fourth-order valence-electron chi connectivity index (χ4n) is 3.51. The van der Waals surface area contributed by atoms with E-state index in [1.165, 1.54) is 19.3 Å². The van der Waals surface area contributed by atoms with Gasteiger partial charge in [0.25, 0.3) is 0 Å². The van der Waals surface area contributed by atoms with E-state index < -0.39 is 0 Å². The van der Waals surface area contributed by atoms with Gasteiger partial charge in [0.05, 0.1) is 18.8 Å². The van der Waals surface area contributed by atoms with Crippen LogP contribution in [0.15, 0.2) is 0 Å². The average Bonchev–Trinajstić information content (AvgIpc) is 2.39. The van der Waals surface area contributed by atoms with E-state index >= 15 is 0 Å². The molecule has 4 heteroatoms. The number of rotatable bonds is 4. The monoisotopic (exact) mass is 257 g/mol. The molecule has 0 amide bonds. The van der Waals surface area contributed by atoms with E-state index in [2.05, 4.69) is 11.8 Å². The van der Waals surface area contributed by atoms with Gasteiger partial charge in [0.2, 0.25) is 0 Å². The highest BCUT2D eigenvalue weighted by atomic mass is 16.5. The van der Waals surface area contributed by atoms with Crippen molar-refractivity contribution in [2.75, 3.05) is 32.8 Å². The zero-order chi connectivity index (χ0) is 13.0. The highest BCUT2D eigenvalue weighted by Gasteiger charge is 2.35. The predicted octanol–water partition coefficient (Wildman–Crippen LogP) is 1.01. The number of hydrogen-bond acceptors (Lipinski definition) is 4. The molecule has 2 atom stereocenters. The Morgan fingerprint density at radius 1 is 1.17 bits per heavy atom. The second-order valence-electron chi connectivity index (χ2n) is 6.16. The molecule has 2 fully saturated rings. The minimum atomic E-state index is -0.0620. The molecule has 2 unspecified atom stereocenters. The quantitative estimate of drug-likeness (QED) is 0.789. The van der Waals surface area contributed by atoms with Gasteiger partial charge >= 0.3 is 0 Å². The van der Waals surface area contributed by atoms with E-state index in [0.29, 0.717) is 6.61 Å². The highest BCUT2D eigenvalue weighted by molar-refractivity contribution is 4.88. The van der Waals surface area contributed by atoms with Crippen LogP contribution in [-0.4, -0.2) is 60.2 Å². The maximum atomic E-state index is 9.75. The molecule has 4 nitrogen and oxygen atoms in total. The smallest absolute Gasteiger partial charge is 0.0936 e. The standard InChI is InChI=1S/C14H27NO3/c1-12-7-15(8-13(9-16)18-12)10-14(11-17)5-3-2-4-6-14/h12-13,16-17H,2-11H2,1H3. The van der Waals surface area contributed by atoms with Gasteiger partial charge in [-0.05, 0) is 19.8 Å². The van der Waals surface area contributed by atoms with Crippen LogP contribution in [0.25, 0.3) is 0 Å². The summed E-state index contributed by atoms with van der Waals surface area (Å²) in [5.74, 6) is 0. The van der Waals surface area contributed by atoms with E-state index in [0.717, 1.165) is 32.5 Å². The fourth-order valence-corrected chi connectivity index (χ4v) is 3.51. The molecule has 2 N–H and O–H groups in total. The summed E-state index contributed by atoms with van der Waals surface area (Å²) in [4.78, 5) is 2.37. The van der Waals surface area contributed by atoms with Gasteiger partial charge in [0.15, 0.2) is 0 Å². The van der Waals surface area contributed by atoms with Crippen molar-refractivity contribution in [2.45, 2.75) is 51.2 Å². The lowest BCUT2D eigenvalue weighted by Gasteiger charge is -2.43. The molecule has 0 aromatic rings. The number of aliphatic hydroxyl groups is 2. The predicted molar refractivity (Wildman–Crippen MR) is 70.5 cm³/mol. The molecule has 2 aliphatic rings. The number of ether oxygens (including phenoxy) is 1. The zero-order valence-corrected chi connectivity index (χ0v) is 11.5. The summed E-state index contributed by atoms with van der Waals surface area (Å²) < 4.78 is 5.67. The van der Waals surface area contributed by atoms with Crippen LogP contribution in [-0.2, 0) is 4.74 Å². The van der Waals surface area contributed by atoms with Gasteiger partial charge in [-0.3, -0.25) is 4.90 Å². The van der Waals surface area contributed by atoms with Crippen LogP contribution >= 0.6 is 0 Å². The Morgan fingerprint density at radius 3 is 2.50 bits per heavy atom. The molecule has 2 rings (SSSR count). The highest BCUT2D eigenvalue weighted by Crippen LogP contribution is 2.37. The molecule has 1 heterocycles. The lowest BCUT2D eigenvalue weighted by molar-refractivity contribution is -0.108. The van der Waals surface area contributed by atoms with E-state index in [1.54, 1.807) is 0 Å². The van der Waals surface area contributed by atoms with E-state index in [9.17, 15) is 10.2 Å². The van der Waals surface area contributed by atoms with Crippen LogP contribution in [0, 0.1) is 5.41 Å². The molecule has 0 aromatic heterocycles. The molecular formula is C14H27NO3. The maximum absolute atomic E-state index is 9.75. The summed E-state index contributed by atoms with van der Waals surface area (Å²) in [5.41, 5.74) is 0.0926. The van der Waals surface area contributed by atoms with E-state index in [-0.39, 0.29) is 24.2 Å². The Morgan fingerprint density at radius 2 is 1.89 bits per heavy atom. The van der Waals surface area contributed by atoms with Gasteiger partial charge in [-0.25, -0.2) is 0 Å². The van der Waals surface area contributed by atoms with Crippen molar-refractivity contribution in [3.8, 4) is 0 Å². The Hall–Kier alpha value is -0.160. The Kier molecular flexibility index (Phi) is 5.01. The summed E-state index contributed by atoms with van der Waals surface area (Å²) in [6.45, 7) is 5.10. The van der Waals surface area contributed by atoms with Gasteiger partial charge in [0, 0.05) is 31.7 Å². The fraction of sp³-hybridized carbons (Fsp3) is 1.00. The number of hydrogen-bond donors (Lipinski definition) is 2. The van der Waals surface area contributed by atoms with Gasteiger partial charge < -0.3 is 14.9 Å². The van der Waals surface area contributed by atoms with E-state index in [1.807, 2.05) is 0 Å². The summed E-state index contributed by atoms with van der Waals surface area (Å²) >= 11 is 0. The molecule has 18 heavy (non-hydrogen) atoms. The lowest BCUT2D eigenvalue weighted by atomic mass is 9.74. The van der Waals surface area contributed by atoms with Crippen LogP contribution in [0.4, 0.5) is 0 Å². The second kappa shape index (κ2) is 6.33. The maximum Gasteiger partial charge on any atom is 0.0936 e. The third-order valence-electron chi connectivity index (χ3n) is 4.41. The first kappa shape index (κ1) is 14.3. The average molecular weight is 257 g/mol. The summed E-state index contributed by atoms with van der Waals surface area (Å²) in [6.07, 6.45) is 6.18. The van der Waals surface area contributed by atoms with Crippen molar-refractivity contribution < 1.29 is 14.9 Å². The van der Waals surface area contributed by atoms with Crippen molar-refractivity contribution in [3.05, 3.63) is 0 Å². The summed E-state index contributed by atoms with van der Waals surface area (Å²) in [6, 6.07) is 0. The van der Waals surface area contributed by atoms with Gasteiger partial charge in [-0.15, -0.1) is 0 Å². The van der Waals surface area contributed by atoms with Crippen molar-refractivity contribution in [3.63, 3.8) is 0 Å². The van der Waals surface area contributed by atoms with Crippen molar-refractivity contribution in [1.82, 2.24) is 4.90 Å². The van der Waals surface area contributed by atoms with Gasteiger partial charge in [0.1, 0.15) is 0 Å². The van der Waals surface area contributed by atoms with Crippen LogP contribution in [0.2, 0.25) is 0 Å². The molecule has 0 radical (unpaired) electrons. The van der Waals surface area contributed by atoms with Crippen molar-refractivity contribution in [1.29, 1.82) is 0 Å². The Bertz CT molecular complexity index is 253. The van der Waals surface area contributed by atoms with Crippen molar-refractivity contribution >= 4 is 0 Å². The number of morpholine rings is 1. The SMILES string of the molecule is CC1CN(CC2(CO)CCCCC2)CC(CO)O1. The zero-order valence-electron chi connectivity index (χ0n) is 11.5. The Balaban J connectivity index is 1.93. The van der Waals surface area contributed by atoms with Crippen LogP contribution in [0.3, 0.4) is 0 Å². The van der Waals surface area contributed by atoms with Crippen LogP contribution in [0.5, 0.6) is 0 Å². The first-order chi connectivity index (χ1) is 8.67. The molecule has 0 aromatic carbocycles. The lowest BCUT2D eigenvalue weighted by Crippen LogP contribution is -2.52. The topological polar surface area (TPSA) is 52.9 Å². The van der Waals surface area contributed by atoms with Crippen LogP contribution in [0.1, 0.15) is 39.0 Å². The molecule has 1 aliphatic heterocycles.